The fraction of sp³-hybridized carbons (Fsp3) is 0.286. The molecule has 1 aliphatic carbocycles. The summed E-state index contributed by atoms with van der Waals surface area (Å²) in [5.74, 6) is 0.796. The molecular weight excluding hydrogens is 336 g/mol. The van der Waals surface area contributed by atoms with Crippen LogP contribution in [0.15, 0.2) is 22.7 Å². The number of aromatic amines is 1. The Morgan fingerprint density at radius 3 is 2.90 bits per heavy atom. The number of halogens is 1. The normalized spacial score (nSPS) is 14.0. The summed E-state index contributed by atoms with van der Waals surface area (Å²) in [7, 11) is 1.59. The summed E-state index contributed by atoms with van der Waals surface area (Å²) >= 11 is 3.38. The lowest BCUT2D eigenvalue weighted by Crippen LogP contribution is -2.14. The van der Waals surface area contributed by atoms with Crippen LogP contribution in [0.5, 0.6) is 5.75 Å². The average molecular weight is 351 g/mol. The Morgan fingerprint density at radius 2 is 2.29 bits per heavy atom. The molecule has 0 spiro atoms. The standard InChI is InChI=1S/C14H15BrN4O2/c1-21-10-5-4-8(6-9(10)15)17-14(20)13-11(16)12(18-19-13)7-2-3-7/h4-7H,2-3,16H2,1H3,(H,17,20)(H,18,19). The van der Waals surface area contributed by atoms with E-state index in [1.807, 2.05) is 0 Å². The first-order valence-corrected chi connectivity index (χ1v) is 7.38. The molecule has 2 aromatic rings. The van der Waals surface area contributed by atoms with Crippen LogP contribution in [0.3, 0.4) is 0 Å². The van der Waals surface area contributed by atoms with Crippen LogP contribution in [0.1, 0.15) is 34.9 Å². The van der Waals surface area contributed by atoms with E-state index >= 15 is 0 Å². The molecule has 3 rings (SSSR count). The van der Waals surface area contributed by atoms with Crippen LogP contribution >= 0.6 is 15.9 Å². The molecular formula is C14H15BrN4O2. The van der Waals surface area contributed by atoms with Crippen LogP contribution in [-0.4, -0.2) is 23.2 Å². The van der Waals surface area contributed by atoms with Crippen LogP contribution in [0, 0.1) is 0 Å². The number of nitrogens with zero attached hydrogens (tertiary/aromatic N) is 1. The highest BCUT2D eigenvalue weighted by molar-refractivity contribution is 9.10. The molecule has 1 saturated carbocycles. The highest BCUT2D eigenvalue weighted by atomic mass is 79.9. The van der Waals surface area contributed by atoms with Crippen LogP contribution in [0.4, 0.5) is 11.4 Å². The Hall–Kier alpha value is -2.02. The van der Waals surface area contributed by atoms with Gasteiger partial charge in [0, 0.05) is 11.6 Å². The first kappa shape index (κ1) is 13.9. The summed E-state index contributed by atoms with van der Waals surface area (Å²) in [4.78, 5) is 12.2. The minimum absolute atomic E-state index is 0.240. The van der Waals surface area contributed by atoms with E-state index < -0.39 is 0 Å². The third-order valence-electron chi connectivity index (χ3n) is 3.44. The van der Waals surface area contributed by atoms with Crippen LogP contribution in [0.25, 0.3) is 0 Å². The van der Waals surface area contributed by atoms with Crippen molar-refractivity contribution in [3.63, 3.8) is 0 Å². The summed E-state index contributed by atoms with van der Waals surface area (Å²) in [6.45, 7) is 0. The van der Waals surface area contributed by atoms with Gasteiger partial charge in [-0.25, -0.2) is 0 Å². The number of aromatic nitrogens is 2. The van der Waals surface area contributed by atoms with Gasteiger partial charge in [0.15, 0.2) is 5.69 Å². The fourth-order valence-corrected chi connectivity index (χ4v) is 2.70. The number of amides is 1. The summed E-state index contributed by atoms with van der Waals surface area (Å²) < 4.78 is 5.91. The van der Waals surface area contributed by atoms with Crippen molar-refractivity contribution in [1.29, 1.82) is 0 Å². The number of carbonyl (C=O) groups excluding carboxylic acids is 1. The zero-order chi connectivity index (χ0) is 15.0. The van der Waals surface area contributed by atoms with Gasteiger partial charge in [-0.15, -0.1) is 0 Å². The third-order valence-corrected chi connectivity index (χ3v) is 4.06. The highest BCUT2D eigenvalue weighted by Crippen LogP contribution is 2.42. The molecule has 1 heterocycles. The number of benzene rings is 1. The first-order chi connectivity index (χ1) is 10.1. The zero-order valence-corrected chi connectivity index (χ0v) is 13.0. The summed E-state index contributed by atoms with van der Waals surface area (Å²) in [5, 5.41) is 9.67. The Bertz CT molecular complexity index is 694. The van der Waals surface area contributed by atoms with E-state index in [2.05, 4.69) is 31.4 Å². The number of carbonyl (C=O) groups is 1. The van der Waals surface area contributed by atoms with Crippen molar-refractivity contribution < 1.29 is 9.53 Å². The van der Waals surface area contributed by atoms with Gasteiger partial charge in [0.1, 0.15) is 5.75 Å². The number of methoxy groups -OCH3 is 1. The second-order valence-electron chi connectivity index (χ2n) is 4.98. The largest absolute Gasteiger partial charge is 0.496 e. The smallest absolute Gasteiger partial charge is 0.278 e. The predicted octanol–water partition coefficient (Wildman–Crippen LogP) is 2.89. The Labute approximate surface area is 130 Å². The van der Waals surface area contributed by atoms with E-state index in [1.54, 1.807) is 25.3 Å². The maximum Gasteiger partial charge on any atom is 0.278 e. The zero-order valence-electron chi connectivity index (χ0n) is 11.4. The van der Waals surface area contributed by atoms with Gasteiger partial charge in [0.05, 0.1) is 23.0 Å². The quantitative estimate of drug-likeness (QED) is 0.790. The van der Waals surface area contributed by atoms with Crippen molar-refractivity contribution in [1.82, 2.24) is 10.2 Å². The second kappa shape index (κ2) is 5.40. The number of nitrogen functional groups attached to an aromatic ring is 1. The molecule has 0 saturated heterocycles. The van der Waals surface area contributed by atoms with Gasteiger partial charge >= 0.3 is 0 Å². The molecule has 0 bridgehead atoms. The minimum atomic E-state index is -0.326. The number of hydrogen-bond donors (Lipinski definition) is 3. The molecule has 1 aliphatic rings. The average Bonchev–Trinajstić information content (AvgIpc) is 3.22. The number of rotatable bonds is 4. The molecule has 1 aromatic heterocycles. The monoisotopic (exact) mass is 350 g/mol. The lowest BCUT2D eigenvalue weighted by atomic mass is 10.2. The van der Waals surface area contributed by atoms with Crippen molar-refractivity contribution in [3.05, 3.63) is 34.1 Å². The number of H-pyrrole nitrogens is 1. The molecule has 7 heteroatoms. The lowest BCUT2D eigenvalue weighted by Gasteiger charge is -2.07. The summed E-state index contributed by atoms with van der Waals surface area (Å²) in [6.07, 6.45) is 2.19. The van der Waals surface area contributed by atoms with Gasteiger partial charge in [-0.1, -0.05) is 0 Å². The van der Waals surface area contributed by atoms with E-state index in [1.165, 1.54) is 0 Å². The topological polar surface area (TPSA) is 93.0 Å². The molecule has 1 amide bonds. The maximum atomic E-state index is 12.2. The van der Waals surface area contributed by atoms with Gasteiger partial charge in [-0.3, -0.25) is 9.89 Å². The van der Waals surface area contributed by atoms with Gasteiger partial charge < -0.3 is 15.8 Å². The molecule has 0 radical (unpaired) electrons. The van der Waals surface area contributed by atoms with E-state index in [0.717, 1.165) is 23.0 Å². The third kappa shape index (κ3) is 2.73. The van der Waals surface area contributed by atoms with Crippen molar-refractivity contribution in [2.75, 3.05) is 18.2 Å². The Morgan fingerprint density at radius 1 is 1.52 bits per heavy atom. The number of ether oxygens (including phenoxy) is 1. The van der Waals surface area contributed by atoms with Crippen molar-refractivity contribution in [2.24, 2.45) is 0 Å². The van der Waals surface area contributed by atoms with E-state index in [4.69, 9.17) is 10.5 Å². The lowest BCUT2D eigenvalue weighted by molar-refractivity contribution is 0.102. The number of nitrogens with two attached hydrogens (primary N) is 1. The molecule has 110 valence electrons. The predicted molar refractivity (Wildman–Crippen MR) is 83.6 cm³/mol. The molecule has 21 heavy (non-hydrogen) atoms. The van der Waals surface area contributed by atoms with Crippen LogP contribution < -0.4 is 15.8 Å². The Balaban J connectivity index is 1.78. The van der Waals surface area contributed by atoms with Crippen LogP contribution in [-0.2, 0) is 0 Å². The molecule has 1 aromatic carbocycles. The minimum Gasteiger partial charge on any atom is -0.496 e. The maximum absolute atomic E-state index is 12.2. The van der Waals surface area contributed by atoms with Gasteiger partial charge in [-0.05, 0) is 47.0 Å². The van der Waals surface area contributed by atoms with E-state index in [-0.39, 0.29) is 11.6 Å². The highest BCUT2D eigenvalue weighted by Gasteiger charge is 2.30. The first-order valence-electron chi connectivity index (χ1n) is 6.58. The van der Waals surface area contributed by atoms with Crippen molar-refractivity contribution >= 4 is 33.2 Å². The Kier molecular flexibility index (Phi) is 3.59. The fourth-order valence-electron chi connectivity index (χ4n) is 2.15. The van der Waals surface area contributed by atoms with Crippen molar-refractivity contribution in [2.45, 2.75) is 18.8 Å². The van der Waals surface area contributed by atoms with E-state index in [0.29, 0.717) is 23.0 Å². The number of hydrogen-bond acceptors (Lipinski definition) is 4. The summed E-state index contributed by atoms with van der Waals surface area (Å²) in [5.41, 5.74) is 8.19. The van der Waals surface area contributed by atoms with Gasteiger partial charge in [0.2, 0.25) is 0 Å². The number of anilines is 2. The molecule has 0 unspecified atom stereocenters. The number of nitrogens with one attached hydrogen (secondary N) is 2. The summed E-state index contributed by atoms with van der Waals surface area (Å²) in [6, 6.07) is 5.29. The molecule has 0 aliphatic heterocycles. The SMILES string of the molecule is COc1ccc(NC(=O)c2n[nH]c(C3CC3)c2N)cc1Br. The molecule has 0 atom stereocenters. The van der Waals surface area contributed by atoms with Gasteiger partial charge in [0.25, 0.3) is 5.91 Å². The molecule has 6 nitrogen and oxygen atoms in total. The van der Waals surface area contributed by atoms with Gasteiger partial charge in [-0.2, -0.15) is 5.10 Å². The van der Waals surface area contributed by atoms with Crippen LogP contribution in [0.2, 0.25) is 0 Å². The molecule has 4 N–H and O–H groups in total. The van der Waals surface area contributed by atoms with E-state index in [9.17, 15) is 4.79 Å². The van der Waals surface area contributed by atoms with Crippen molar-refractivity contribution in [3.8, 4) is 5.75 Å². The molecule has 1 fully saturated rings. The second-order valence-corrected chi connectivity index (χ2v) is 5.83.